The van der Waals surface area contributed by atoms with Crippen molar-refractivity contribution in [2.24, 2.45) is 4.99 Å². The topological polar surface area (TPSA) is 100 Å². The minimum atomic E-state index is -3.09. The van der Waals surface area contributed by atoms with Gasteiger partial charge in [0.2, 0.25) is 0 Å². The zero-order valence-electron chi connectivity index (χ0n) is 16.6. The molecule has 26 heavy (non-hydrogen) atoms. The standard InChI is InChI=1S/C16H32N4O4S.HI/c1-7-17-13(18-8-9-19-14(21)24-15(2,3)4)20-10-11-25(22,23)16(5,6)12-20;/h7-12H2,1-6H3,(H,17,18)(H,19,21);1H. The van der Waals surface area contributed by atoms with Gasteiger partial charge in [-0.1, -0.05) is 0 Å². The molecule has 0 aliphatic carbocycles. The normalized spacial score (nSPS) is 19.3. The van der Waals surface area contributed by atoms with Gasteiger partial charge in [0.1, 0.15) is 5.60 Å². The van der Waals surface area contributed by atoms with Gasteiger partial charge in [-0.15, -0.1) is 24.0 Å². The molecule has 10 heteroatoms. The first-order chi connectivity index (χ1) is 11.4. The third kappa shape index (κ3) is 7.85. The quantitative estimate of drug-likeness (QED) is 0.261. The van der Waals surface area contributed by atoms with Crippen LogP contribution >= 0.6 is 24.0 Å². The minimum absolute atomic E-state index is 0. The summed E-state index contributed by atoms with van der Waals surface area (Å²) in [5.41, 5.74) is -0.535. The summed E-state index contributed by atoms with van der Waals surface area (Å²) in [5.74, 6) is 0.775. The molecule has 1 saturated heterocycles. The van der Waals surface area contributed by atoms with Crippen LogP contribution in [0.3, 0.4) is 0 Å². The second-order valence-corrected chi connectivity index (χ2v) is 10.4. The molecule has 1 aliphatic heterocycles. The Kier molecular flexibility index (Phi) is 9.66. The highest BCUT2D eigenvalue weighted by atomic mass is 127. The molecule has 2 N–H and O–H groups in total. The van der Waals surface area contributed by atoms with Crippen molar-refractivity contribution in [3.8, 4) is 0 Å². The zero-order chi connectivity index (χ0) is 19.3. The van der Waals surface area contributed by atoms with Crippen LogP contribution in [-0.4, -0.2) is 74.2 Å². The summed E-state index contributed by atoms with van der Waals surface area (Å²) in [6.07, 6.45) is -0.474. The van der Waals surface area contributed by atoms with E-state index in [0.717, 1.165) is 0 Å². The predicted molar refractivity (Wildman–Crippen MR) is 115 cm³/mol. The lowest BCUT2D eigenvalue weighted by atomic mass is 10.2. The van der Waals surface area contributed by atoms with Crippen molar-refractivity contribution in [1.82, 2.24) is 15.5 Å². The number of ether oxygens (including phenoxy) is 1. The fourth-order valence-corrected chi connectivity index (χ4v) is 3.75. The largest absolute Gasteiger partial charge is 0.444 e. The van der Waals surface area contributed by atoms with Gasteiger partial charge in [0, 0.05) is 26.2 Å². The van der Waals surface area contributed by atoms with Crippen LogP contribution in [0, 0.1) is 0 Å². The van der Waals surface area contributed by atoms with Gasteiger partial charge in [-0.2, -0.15) is 0 Å². The van der Waals surface area contributed by atoms with Crippen LogP contribution in [0.5, 0.6) is 0 Å². The monoisotopic (exact) mass is 504 g/mol. The van der Waals surface area contributed by atoms with Gasteiger partial charge < -0.3 is 20.3 Å². The molecule has 0 saturated carbocycles. The van der Waals surface area contributed by atoms with Crippen molar-refractivity contribution >= 4 is 45.9 Å². The lowest BCUT2D eigenvalue weighted by Crippen LogP contribution is -2.57. The molecule has 1 amide bonds. The number of sulfone groups is 1. The Labute approximate surface area is 174 Å². The van der Waals surface area contributed by atoms with Gasteiger partial charge in [-0.3, -0.25) is 4.99 Å². The molecule has 1 fully saturated rings. The van der Waals surface area contributed by atoms with E-state index in [4.69, 9.17) is 4.74 Å². The highest BCUT2D eigenvalue weighted by molar-refractivity contribution is 14.0. The van der Waals surface area contributed by atoms with E-state index in [-0.39, 0.29) is 29.7 Å². The molecule has 0 bridgehead atoms. The highest BCUT2D eigenvalue weighted by Gasteiger charge is 2.40. The SMILES string of the molecule is CCNC(=NCCNC(=O)OC(C)(C)C)N1CCS(=O)(=O)C(C)(C)C1.I. The fourth-order valence-electron chi connectivity index (χ4n) is 2.38. The number of guanidine groups is 1. The van der Waals surface area contributed by atoms with Gasteiger partial charge in [0.05, 0.1) is 17.0 Å². The summed E-state index contributed by atoms with van der Waals surface area (Å²) in [7, 11) is -3.09. The Hall–Kier alpha value is -0.780. The van der Waals surface area contributed by atoms with Gasteiger partial charge >= 0.3 is 6.09 Å². The summed E-state index contributed by atoms with van der Waals surface area (Å²) in [4.78, 5) is 18.1. The average molecular weight is 504 g/mol. The van der Waals surface area contributed by atoms with Crippen LogP contribution in [0.2, 0.25) is 0 Å². The van der Waals surface area contributed by atoms with Crippen molar-refractivity contribution in [2.45, 2.75) is 51.9 Å². The number of rotatable bonds is 4. The lowest BCUT2D eigenvalue weighted by molar-refractivity contribution is 0.0529. The Morgan fingerprint density at radius 2 is 1.88 bits per heavy atom. The molecule has 0 aromatic carbocycles. The molecular weight excluding hydrogens is 471 g/mol. The van der Waals surface area contributed by atoms with E-state index in [1.54, 1.807) is 34.6 Å². The van der Waals surface area contributed by atoms with E-state index < -0.39 is 26.3 Å². The number of aliphatic imine (C=N–C) groups is 1. The minimum Gasteiger partial charge on any atom is -0.444 e. The van der Waals surface area contributed by atoms with Gasteiger partial charge in [-0.25, -0.2) is 13.2 Å². The van der Waals surface area contributed by atoms with E-state index >= 15 is 0 Å². The molecule has 154 valence electrons. The number of nitrogens with one attached hydrogen (secondary N) is 2. The number of nitrogens with zero attached hydrogens (tertiary/aromatic N) is 2. The molecule has 1 heterocycles. The van der Waals surface area contributed by atoms with Crippen molar-refractivity contribution in [1.29, 1.82) is 0 Å². The summed E-state index contributed by atoms with van der Waals surface area (Å²) >= 11 is 0. The molecule has 1 aliphatic rings. The lowest BCUT2D eigenvalue weighted by Gasteiger charge is -2.39. The Bertz CT molecular complexity index is 600. The summed E-state index contributed by atoms with van der Waals surface area (Å²) < 4.78 is 28.6. The van der Waals surface area contributed by atoms with Crippen LogP contribution in [0.25, 0.3) is 0 Å². The van der Waals surface area contributed by atoms with Crippen LogP contribution in [0.1, 0.15) is 41.5 Å². The van der Waals surface area contributed by atoms with E-state index in [1.165, 1.54) is 0 Å². The van der Waals surface area contributed by atoms with Crippen molar-refractivity contribution in [2.75, 3.05) is 38.5 Å². The highest BCUT2D eigenvalue weighted by Crippen LogP contribution is 2.23. The molecular formula is C16H33IN4O4S. The summed E-state index contributed by atoms with van der Waals surface area (Å²) in [6, 6.07) is 0. The van der Waals surface area contributed by atoms with Crippen LogP contribution < -0.4 is 10.6 Å². The maximum Gasteiger partial charge on any atom is 0.407 e. The molecule has 0 aromatic heterocycles. The predicted octanol–water partition coefficient (Wildman–Crippen LogP) is 1.60. The number of halogens is 1. The van der Waals surface area contributed by atoms with Crippen LogP contribution in [0.15, 0.2) is 4.99 Å². The smallest absolute Gasteiger partial charge is 0.407 e. The number of carbonyl (C=O) groups excluding carboxylic acids is 1. The summed E-state index contributed by atoms with van der Waals surface area (Å²) in [6.45, 7) is 13.1. The third-order valence-corrected chi connectivity index (χ3v) is 6.25. The first kappa shape index (κ1) is 25.2. The summed E-state index contributed by atoms with van der Waals surface area (Å²) in [5, 5.41) is 5.84. The Morgan fingerprint density at radius 3 is 2.38 bits per heavy atom. The molecule has 0 unspecified atom stereocenters. The maximum absolute atomic E-state index is 12.1. The Balaban J connectivity index is 0.00000625. The third-order valence-electron chi connectivity index (χ3n) is 3.72. The van der Waals surface area contributed by atoms with Gasteiger partial charge in [-0.05, 0) is 41.5 Å². The van der Waals surface area contributed by atoms with Gasteiger partial charge in [0.25, 0.3) is 0 Å². The first-order valence-electron chi connectivity index (χ1n) is 8.60. The van der Waals surface area contributed by atoms with Crippen molar-refractivity contribution < 1.29 is 17.9 Å². The average Bonchev–Trinajstić information content (AvgIpc) is 2.43. The molecule has 8 nitrogen and oxygen atoms in total. The molecule has 0 spiro atoms. The van der Waals surface area contributed by atoms with E-state index in [1.807, 2.05) is 11.8 Å². The number of alkyl carbamates (subject to hydrolysis) is 1. The second kappa shape index (κ2) is 9.95. The zero-order valence-corrected chi connectivity index (χ0v) is 19.7. The molecule has 1 rings (SSSR count). The van der Waals surface area contributed by atoms with Crippen molar-refractivity contribution in [3.05, 3.63) is 0 Å². The van der Waals surface area contributed by atoms with E-state index in [0.29, 0.717) is 38.7 Å². The number of hydrogen-bond donors (Lipinski definition) is 2. The molecule has 0 radical (unpaired) electrons. The van der Waals surface area contributed by atoms with Crippen LogP contribution in [0.4, 0.5) is 4.79 Å². The molecule has 0 atom stereocenters. The van der Waals surface area contributed by atoms with Gasteiger partial charge in [0.15, 0.2) is 15.8 Å². The Morgan fingerprint density at radius 1 is 1.27 bits per heavy atom. The van der Waals surface area contributed by atoms with E-state index in [2.05, 4.69) is 15.6 Å². The number of hydrogen-bond acceptors (Lipinski definition) is 5. The first-order valence-corrected chi connectivity index (χ1v) is 10.3. The fraction of sp³-hybridized carbons (Fsp3) is 0.875. The number of carbonyl (C=O) groups is 1. The maximum atomic E-state index is 12.1. The second-order valence-electron chi connectivity index (χ2n) is 7.66. The van der Waals surface area contributed by atoms with Crippen LogP contribution in [-0.2, 0) is 14.6 Å². The van der Waals surface area contributed by atoms with Crippen molar-refractivity contribution in [3.63, 3.8) is 0 Å². The van der Waals surface area contributed by atoms with E-state index in [9.17, 15) is 13.2 Å². The number of amides is 1. The molecule has 0 aromatic rings.